The fourth-order valence-electron chi connectivity index (χ4n) is 2.62. The lowest BCUT2D eigenvalue weighted by molar-refractivity contribution is 0.0217. The van der Waals surface area contributed by atoms with Crippen LogP contribution in [0.25, 0.3) is 0 Å². The molecule has 0 bridgehead atoms. The lowest BCUT2D eigenvalue weighted by atomic mass is 9.60. The van der Waals surface area contributed by atoms with E-state index in [1.807, 2.05) is 0 Å². The standard InChI is InChI=1S/C13H26O/c1-11(2,3)9-13(12(4,5)6)7-8-14-10-13/h7-10H2,1-6H3. The van der Waals surface area contributed by atoms with Crippen molar-refractivity contribution in [3.8, 4) is 0 Å². The van der Waals surface area contributed by atoms with Crippen molar-refractivity contribution < 1.29 is 4.74 Å². The van der Waals surface area contributed by atoms with E-state index in [0.717, 1.165) is 13.2 Å². The van der Waals surface area contributed by atoms with E-state index < -0.39 is 0 Å². The van der Waals surface area contributed by atoms with Gasteiger partial charge in [-0.25, -0.2) is 0 Å². The smallest absolute Gasteiger partial charge is 0.0528 e. The number of rotatable bonds is 1. The van der Waals surface area contributed by atoms with Gasteiger partial charge in [0.15, 0.2) is 0 Å². The maximum Gasteiger partial charge on any atom is 0.0528 e. The van der Waals surface area contributed by atoms with E-state index in [9.17, 15) is 0 Å². The molecule has 0 aromatic rings. The Morgan fingerprint density at radius 1 is 1.07 bits per heavy atom. The monoisotopic (exact) mass is 198 g/mol. The molecule has 0 radical (unpaired) electrons. The Balaban J connectivity index is 2.83. The normalized spacial score (nSPS) is 29.6. The lowest BCUT2D eigenvalue weighted by Crippen LogP contribution is -2.39. The van der Waals surface area contributed by atoms with Crippen LogP contribution in [-0.4, -0.2) is 13.2 Å². The van der Waals surface area contributed by atoms with Crippen molar-refractivity contribution in [2.75, 3.05) is 13.2 Å². The Hall–Kier alpha value is -0.0400. The molecule has 1 heterocycles. The molecule has 0 saturated carbocycles. The maximum absolute atomic E-state index is 5.63. The van der Waals surface area contributed by atoms with Crippen molar-refractivity contribution >= 4 is 0 Å². The van der Waals surface area contributed by atoms with Crippen molar-refractivity contribution in [3.63, 3.8) is 0 Å². The molecule has 84 valence electrons. The SMILES string of the molecule is CC(C)(C)CC1(C(C)(C)C)CCOC1. The average molecular weight is 198 g/mol. The van der Waals surface area contributed by atoms with Crippen LogP contribution < -0.4 is 0 Å². The van der Waals surface area contributed by atoms with Gasteiger partial charge in [-0.15, -0.1) is 0 Å². The van der Waals surface area contributed by atoms with Gasteiger partial charge in [0.25, 0.3) is 0 Å². The summed E-state index contributed by atoms with van der Waals surface area (Å²) >= 11 is 0. The molecule has 1 fully saturated rings. The van der Waals surface area contributed by atoms with Crippen molar-refractivity contribution in [3.05, 3.63) is 0 Å². The zero-order valence-electron chi connectivity index (χ0n) is 10.7. The van der Waals surface area contributed by atoms with Gasteiger partial charge in [-0.2, -0.15) is 0 Å². The van der Waals surface area contributed by atoms with Crippen LogP contribution in [0.1, 0.15) is 54.4 Å². The van der Waals surface area contributed by atoms with Crippen molar-refractivity contribution in [2.24, 2.45) is 16.2 Å². The molecule has 1 saturated heterocycles. The second-order valence-corrected chi connectivity index (χ2v) is 7.07. The number of ether oxygens (including phenoxy) is 1. The van der Waals surface area contributed by atoms with E-state index in [1.54, 1.807) is 0 Å². The van der Waals surface area contributed by atoms with Crippen LogP contribution in [0.4, 0.5) is 0 Å². The van der Waals surface area contributed by atoms with Crippen LogP contribution in [-0.2, 0) is 4.74 Å². The molecule has 0 aliphatic carbocycles. The van der Waals surface area contributed by atoms with Gasteiger partial charge in [-0.05, 0) is 23.7 Å². The van der Waals surface area contributed by atoms with Crippen LogP contribution in [0.5, 0.6) is 0 Å². The third kappa shape index (κ3) is 2.50. The third-order valence-corrected chi connectivity index (χ3v) is 3.56. The molecule has 1 atom stereocenters. The van der Waals surface area contributed by atoms with Gasteiger partial charge in [0.1, 0.15) is 0 Å². The van der Waals surface area contributed by atoms with E-state index >= 15 is 0 Å². The van der Waals surface area contributed by atoms with Crippen LogP contribution in [0.2, 0.25) is 0 Å². The molecular weight excluding hydrogens is 172 g/mol. The second kappa shape index (κ2) is 3.52. The molecule has 0 amide bonds. The van der Waals surface area contributed by atoms with E-state index in [-0.39, 0.29) is 0 Å². The molecule has 1 aliphatic rings. The predicted octanol–water partition coefficient (Wildman–Crippen LogP) is 3.88. The van der Waals surface area contributed by atoms with Gasteiger partial charge in [0.2, 0.25) is 0 Å². The molecule has 1 aliphatic heterocycles. The Labute approximate surface area is 89.2 Å². The first-order valence-electron chi connectivity index (χ1n) is 5.74. The van der Waals surface area contributed by atoms with E-state index in [0.29, 0.717) is 16.2 Å². The van der Waals surface area contributed by atoms with Gasteiger partial charge in [0.05, 0.1) is 6.61 Å². The summed E-state index contributed by atoms with van der Waals surface area (Å²) in [7, 11) is 0. The molecular formula is C13H26O. The second-order valence-electron chi connectivity index (χ2n) is 7.07. The highest BCUT2D eigenvalue weighted by molar-refractivity contribution is 4.95. The Kier molecular flexibility index (Phi) is 3.02. The molecule has 0 N–H and O–H groups in total. The molecule has 0 spiro atoms. The Bertz CT molecular complexity index is 186. The Morgan fingerprint density at radius 3 is 1.93 bits per heavy atom. The summed E-state index contributed by atoms with van der Waals surface area (Å²) in [6.07, 6.45) is 2.50. The van der Waals surface area contributed by atoms with Gasteiger partial charge in [0, 0.05) is 12.0 Å². The van der Waals surface area contributed by atoms with E-state index in [2.05, 4.69) is 41.5 Å². The van der Waals surface area contributed by atoms with Crippen LogP contribution in [0.15, 0.2) is 0 Å². The average Bonchev–Trinajstić information content (AvgIpc) is 2.31. The summed E-state index contributed by atoms with van der Waals surface area (Å²) in [5.41, 5.74) is 1.16. The van der Waals surface area contributed by atoms with Gasteiger partial charge >= 0.3 is 0 Å². The highest BCUT2D eigenvalue weighted by Gasteiger charge is 2.46. The summed E-state index contributed by atoms with van der Waals surface area (Å²) in [5, 5.41) is 0. The molecule has 14 heavy (non-hydrogen) atoms. The third-order valence-electron chi connectivity index (χ3n) is 3.56. The minimum Gasteiger partial charge on any atom is -0.381 e. The summed E-state index contributed by atoms with van der Waals surface area (Å²) in [5.74, 6) is 0. The summed E-state index contributed by atoms with van der Waals surface area (Å²) in [6.45, 7) is 16.0. The Morgan fingerprint density at radius 2 is 1.64 bits per heavy atom. The summed E-state index contributed by atoms with van der Waals surface area (Å²) in [6, 6.07) is 0. The van der Waals surface area contributed by atoms with E-state index in [4.69, 9.17) is 4.74 Å². The first kappa shape index (κ1) is 12.0. The summed E-state index contributed by atoms with van der Waals surface area (Å²) < 4.78 is 5.63. The predicted molar refractivity (Wildman–Crippen MR) is 61.4 cm³/mol. The quantitative estimate of drug-likeness (QED) is 0.621. The highest BCUT2D eigenvalue weighted by Crippen LogP contribution is 2.51. The van der Waals surface area contributed by atoms with Crippen LogP contribution in [0.3, 0.4) is 0 Å². The van der Waals surface area contributed by atoms with E-state index in [1.165, 1.54) is 12.8 Å². The minimum atomic E-state index is 0.358. The molecule has 1 unspecified atom stereocenters. The van der Waals surface area contributed by atoms with Gasteiger partial charge in [-0.3, -0.25) is 0 Å². The summed E-state index contributed by atoms with van der Waals surface area (Å²) in [4.78, 5) is 0. The fraction of sp³-hybridized carbons (Fsp3) is 1.00. The first-order valence-corrected chi connectivity index (χ1v) is 5.74. The molecule has 0 aromatic carbocycles. The van der Waals surface area contributed by atoms with Crippen LogP contribution in [0, 0.1) is 16.2 Å². The fourth-order valence-corrected chi connectivity index (χ4v) is 2.62. The minimum absolute atomic E-state index is 0.358. The number of hydrogen-bond acceptors (Lipinski definition) is 1. The first-order chi connectivity index (χ1) is 6.16. The van der Waals surface area contributed by atoms with Crippen molar-refractivity contribution in [1.29, 1.82) is 0 Å². The largest absolute Gasteiger partial charge is 0.381 e. The molecule has 1 nitrogen and oxygen atoms in total. The zero-order chi connectivity index (χ0) is 11.0. The molecule has 1 rings (SSSR count). The molecule has 0 aromatic heterocycles. The number of hydrogen-bond donors (Lipinski definition) is 0. The lowest BCUT2D eigenvalue weighted by Gasteiger charge is -2.44. The zero-order valence-corrected chi connectivity index (χ0v) is 10.7. The topological polar surface area (TPSA) is 9.23 Å². The van der Waals surface area contributed by atoms with Gasteiger partial charge < -0.3 is 4.74 Å². The van der Waals surface area contributed by atoms with Crippen molar-refractivity contribution in [1.82, 2.24) is 0 Å². The highest BCUT2D eigenvalue weighted by atomic mass is 16.5. The van der Waals surface area contributed by atoms with Crippen LogP contribution >= 0.6 is 0 Å². The van der Waals surface area contributed by atoms with Crippen molar-refractivity contribution in [2.45, 2.75) is 54.4 Å². The van der Waals surface area contributed by atoms with Gasteiger partial charge in [-0.1, -0.05) is 41.5 Å². The molecule has 1 heteroatoms. The maximum atomic E-state index is 5.63.